The molecule has 1 atom stereocenters. The lowest BCUT2D eigenvalue weighted by Crippen LogP contribution is -2.25. The van der Waals surface area contributed by atoms with E-state index >= 15 is 0 Å². The van der Waals surface area contributed by atoms with Crippen molar-refractivity contribution >= 4 is 0 Å². The smallest absolute Gasteiger partial charge is 0.119 e. The van der Waals surface area contributed by atoms with Gasteiger partial charge in [0.1, 0.15) is 5.75 Å². The SMILES string of the molecule is CC(C)NCC[C@H](c1ccccc1)c1cc(C(C)(C)C)ccc1O. The highest BCUT2D eigenvalue weighted by atomic mass is 16.3. The molecule has 0 saturated heterocycles. The zero-order chi connectivity index (χ0) is 17.7. The Labute approximate surface area is 146 Å². The molecule has 24 heavy (non-hydrogen) atoms. The molecule has 0 bridgehead atoms. The van der Waals surface area contributed by atoms with Crippen LogP contribution in [0.5, 0.6) is 5.75 Å². The lowest BCUT2D eigenvalue weighted by atomic mass is 9.81. The topological polar surface area (TPSA) is 32.3 Å². The van der Waals surface area contributed by atoms with Crippen LogP contribution < -0.4 is 5.32 Å². The summed E-state index contributed by atoms with van der Waals surface area (Å²) in [5.41, 5.74) is 3.61. The van der Waals surface area contributed by atoms with Gasteiger partial charge >= 0.3 is 0 Å². The van der Waals surface area contributed by atoms with Gasteiger partial charge in [-0.3, -0.25) is 0 Å². The molecule has 2 aromatic rings. The van der Waals surface area contributed by atoms with Gasteiger partial charge in [0.15, 0.2) is 0 Å². The summed E-state index contributed by atoms with van der Waals surface area (Å²) in [6.07, 6.45) is 0.962. The molecule has 0 aliphatic rings. The number of rotatable bonds is 6. The number of benzene rings is 2. The van der Waals surface area contributed by atoms with Gasteiger partial charge in [-0.15, -0.1) is 0 Å². The fourth-order valence-electron chi connectivity index (χ4n) is 3.00. The highest BCUT2D eigenvalue weighted by Crippen LogP contribution is 2.36. The van der Waals surface area contributed by atoms with Gasteiger partial charge in [0, 0.05) is 17.5 Å². The Bertz CT molecular complexity index is 641. The number of hydrogen-bond donors (Lipinski definition) is 2. The molecule has 0 saturated carbocycles. The van der Waals surface area contributed by atoms with Crippen LogP contribution in [0.15, 0.2) is 48.5 Å². The molecule has 0 radical (unpaired) electrons. The van der Waals surface area contributed by atoms with E-state index < -0.39 is 0 Å². The molecule has 0 heterocycles. The Hall–Kier alpha value is -1.80. The van der Waals surface area contributed by atoms with Crippen molar-refractivity contribution in [1.29, 1.82) is 0 Å². The van der Waals surface area contributed by atoms with Crippen LogP contribution in [0.25, 0.3) is 0 Å². The maximum absolute atomic E-state index is 10.5. The van der Waals surface area contributed by atoms with E-state index in [0.29, 0.717) is 11.8 Å². The van der Waals surface area contributed by atoms with E-state index in [1.807, 2.05) is 18.2 Å². The highest BCUT2D eigenvalue weighted by Gasteiger charge is 2.21. The van der Waals surface area contributed by atoms with Crippen molar-refractivity contribution in [2.24, 2.45) is 0 Å². The first kappa shape index (κ1) is 18.5. The van der Waals surface area contributed by atoms with Gasteiger partial charge in [0.25, 0.3) is 0 Å². The summed E-state index contributed by atoms with van der Waals surface area (Å²) in [5, 5.41) is 14.0. The third-order valence-corrected chi connectivity index (χ3v) is 4.46. The Balaban J connectivity index is 2.39. The second-order valence-corrected chi connectivity index (χ2v) is 7.88. The van der Waals surface area contributed by atoms with Crippen LogP contribution >= 0.6 is 0 Å². The molecule has 130 valence electrons. The van der Waals surface area contributed by atoms with E-state index in [1.54, 1.807) is 0 Å². The van der Waals surface area contributed by atoms with Crippen molar-refractivity contribution in [2.75, 3.05) is 6.54 Å². The predicted molar refractivity (Wildman–Crippen MR) is 103 cm³/mol. The van der Waals surface area contributed by atoms with E-state index in [-0.39, 0.29) is 11.3 Å². The number of aromatic hydroxyl groups is 1. The van der Waals surface area contributed by atoms with Crippen LogP contribution in [0.1, 0.15) is 63.6 Å². The number of hydrogen-bond acceptors (Lipinski definition) is 2. The third-order valence-electron chi connectivity index (χ3n) is 4.46. The zero-order valence-electron chi connectivity index (χ0n) is 15.6. The second-order valence-electron chi connectivity index (χ2n) is 7.88. The molecule has 0 fully saturated rings. The maximum atomic E-state index is 10.5. The lowest BCUT2D eigenvalue weighted by Gasteiger charge is -2.24. The van der Waals surface area contributed by atoms with Gasteiger partial charge in [-0.2, -0.15) is 0 Å². The molecule has 0 aromatic heterocycles. The summed E-state index contributed by atoms with van der Waals surface area (Å²) in [6, 6.07) is 17.0. The number of nitrogens with one attached hydrogen (secondary N) is 1. The summed E-state index contributed by atoms with van der Waals surface area (Å²) in [6.45, 7) is 11.9. The molecule has 0 spiro atoms. The summed E-state index contributed by atoms with van der Waals surface area (Å²) < 4.78 is 0. The van der Waals surface area contributed by atoms with Gasteiger partial charge in [0.05, 0.1) is 0 Å². The van der Waals surface area contributed by atoms with Crippen molar-refractivity contribution in [3.8, 4) is 5.75 Å². The van der Waals surface area contributed by atoms with Gasteiger partial charge in [-0.1, -0.05) is 77.1 Å². The average Bonchev–Trinajstić information content (AvgIpc) is 2.52. The predicted octanol–water partition coefficient (Wildman–Crippen LogP) is 5.21. The van der Waals surface area contributed by atoms with E-state index in [0.717, 1.165) is 18.5 Å². The normalized spacial score (nSPS) is 13.2. The van der Waals surface area contributed by atoms with E-state index in [1.165, 1.54) is 11.1 Å². The van der Waals surface area contributed by atoms with Crippen molar-refractivity contribution in [3.05, 3.63) is 65.2 Å². The molecule has 2 aromatic carbocycles. The number of phenols is 1. The summed E-state index contributed by atoms with van der Waals surface area (Å²) in [7, 11) is 0. The minimum absolute atomic E-state index is 0.0693. The minimum Gasteiger partial charge on any atom is -0.508 e. The highest BCUT2D eigenvalue weighted by molar-refractivity contribution is 5.45. The molecule has 2 rings (SSSR count). The minimum atomic E-state index is 0.0693. The fourth-order valence-corrected chi connectivity index (χ4v) is 3.00. The molecule has 0 aliphatic carbocycles. The third kappa shape index (κ3) is 4.85. The zero-order valence-corrected chi connectivity index (χ0v) is 15.6. The van der Waals surface area contributed by atoms with Crippen molar-refractivity contribution in [3.63, 3.8) is 0 Å². The Morgan fingerprint density at radius 2 is 1.67 bits per heavy atom. The fraction of sp³-hybridized carbons (Fsp3) is 0.455. The van der Waals surface area contributed by atoms with Crippen LogP contribution in [0.3, 0.4) is 0 Å². The first-order valence-corrected chi connectivity index (χ1v) is 8.90. The standard InChI is InChI=1S/C22H31NO/c1-16(2)23-14-13-19(17-9-7-6-8-10-17)20-15-18(22(3,4)5)11-12-21(20)24/h6-12,15-16,19,23-24H,13-14H2,1-5H3/t19-/m1/s1. The van der Waals surface area contributed by atoms with Crippen LogP contribution in [0.4, 0.5) is 0 Å². The van der Waals surface area contributed by atoms with Gasteiger partial charge in [-0.25, -0.2) is 0 Å². The molecule has 0 unspecified atom stereocenters. The summed E-state index contributed by atoms with van der Waals surface area (Å²) in [5.74, 6) is 0.584. The molecule has 0 aliphatic heterocycles. The molecule has 2 heteroatoms. The van der Waals surface area contributed by atoms with Crippen molar-refractivity contribution in [1.82, 2.24) is 5.32 Å². The number of phenolic OH excluding ortho intramolecular Hbond substituents is 1. The Morgan fingerprint density at radius 1 is 1.00 bits per heavy atom. The Kier molecular flexibility index (Phi) is 6.06. The summed E-state index contributed by atoms with van der Waals surface area (Å²) >= 11 is 0. The van der Waals surface area contributed by atoms with Gasteiger partial charge in [-0.05, 0) is 35.6 Å². The molecule has 2 N–H and O–H groups in total. The van der Waals surface area contributed by atoms with E-state index in [4.69, 9.17) is 0 Å². The second kappa shape index (κ2) is 7.85. The van der Waals surface area contributed by atoms with Crippen LogP contribution in [-0.2, 0) is 5.41 Å². The van der Waals surface area contributed by atoms with Crippen LogP contribution in [0.2, 0.25) is 0 Å². The first-order chi connectivity index (χ1) is 11.3. The maximum Gasteiger partial charge on any atom is 0.119 e. The molecule has 2 nitrogen and oxygen atoms in total. The molecular weight excluding hydrogens is 294 g/mol. The van der Waals surface area contributed by atoms with Crippen molar-refractivity contribution < 1.29 is 5.11 Å². The Morgan fingerprint density at radius 3 is 2.25 bits per heavy atom. The quantitative estimate of drug-likeness (QED) is 0.764. The monoisotopic (exact) mass is 325 g/mol. The molecule has 0 amide bonds. The van der Waals surface area contributed by atoms with E-state index in [9.17, 15) is 5.11 Å². The summed E-state index contributed by atoms with van der Waals surface area (Å²) in [4.78, 5) is 0. The van der Waals surface area contributed by atoms with E-state index in [2.05, 4.69) is 70.3 Å². The first-order valence-electron chi connectivity index (χ1n) is 8.90. The van der Waals surface area contributed by atoms with Gasteiger partial charge in [0.2, 0.25) is 0 Å². The van der Waals surface area contributed by atoms with Crippen molar-refractivity contribution in [2.45, 2.75) is 58.4 Å². The lowest BCUT2D eigenvalue weighted by molar-refractivity contribution is 0.458. The average molecular weight is 325 g/mol. The van der Waals surface area contributed by atoms with Gasteiger partial charge < -0.3 is 10.4 Å². The largest absolute Gasteiger partial charge is 0.508 e. The van der Waals surface area contributed by atoms with Crippen LogP contribution in [0, 0.1) is 0 Å². The molecular formula is C22H31NO. The van der Waals surface area contributed by atoms with Crippen LogP contribution in [-0.4, -0.2) is 17.7 Å².